The molecule has 1 heterocycles. The maximum atomic E-state index is 14.0. The number of anilines is 1. The minimum atomic E-state index is -0.700. The zero-order valence-electron chi connectivity index (χ0n) is 22.7. The van der Waals surface area contributed by atoms with Crippen molar-refractivity contribution in [2.24, 2.45) is 0 Å². The van der Waals surface area contributed by atoms with Crippen LogP contribution in [0.25, 0.3) is 0 Å². The summed E-state index contributed by atoms with van der Waals surface area (Å²) in [4.78, 5) is 30.7. The molecule has 0 fully saturated rings. The van der Waals surface area contributed by atoms with E-state index in [2.05, 4.69) is 21.2 Å². The number of nitrogens with zero attached hydrogens (tertiary/aromatic N) is 2. The molecule has 0 aromatic heterocycles. The molecule has 0 atom stereocenters. The first kappa shape index (κ1) is 28.0. The number of nitrogens with one attached hydrogen (secondary N) is 1. The molecule has 0 spiro atoms. The number of benzene rings is 3. The number of rotatable bonds is 9. The number of methoxy groups -OCH3 is 3. The van der Waals surface area contributed by atoms with Gasteiger partial charge in [-0.15, -0.1) is 0 Å². The van der Waals surface area contributed by atoms with E-state index < -0.39 is 11.9 Å². The number of halogens is 1. The van der Waals surface area contributed by atoms with Crippen molar-refractivity contribution in [1.82, 2.24) is 10.2 Å². The Balaban J connectivity index is 1.78. The number of esters is 1. The van der Waals surface area contributed by atoms with Gasteiger partial charge in [0, 0.05) is 17.6 Å². The fourth-order valence-corrected chi connectivity index (χ4v) is 5.42. The second kappa shape index (κ2) is 12.3. The Bertz CT molecular complexity index is 1310. The molecule has 1 N–H and O–H groups in total. The van der Waals surface area contributed by atoms with Gasteiger partial charge in [0.1, 0.15) is 17.3 Å². The largest absolute Gasteiger partial charge is 0.497 e. The zero-order chi connectivity index (χ0) is 28.1. The fourth-order valence-electron chi connectivity index (χ4n) is 4.73. The third-order valence-corrected chi connectivity index (χ3v) is 7.05. The van der Waals surface area contributed by atoms with Crippen LogP contribution in [0.2, 0.25) is 0 Å². The van der Waals surface area contributed by atoms with Gasteiger partial charge in [0.2, 0.25) is 0 Å². The van der Waals surface area contributed by atoms with Gasteiger partial charge in [0.15, 0.2) is 5.57 Å². The van der Waals surface area contributed by atoms with Crippen LogP contribution in [0.4, 0.5) is 5.69 Å². The van der Waals surface area contributed by atoms with Gasteiger partial charge in [-0.3, -0.25) is 9.69 Å². The van der Waals surface area contributed by atoms with E-state index >= 15 is 0 Å². The van der Waals surface area contributed by atoms with Crippen LogP contribution in [0.15, 0.2) is 76.5 Å². The molecule has 1 aliphatic rings. The third-order valence-electron chi connectivity index (χ3n) is 6.60. The van der Waals surface area contributed by atoms with E-state index in [1.807, 2.05) is 79.4 Å². The van der Waals surface area contributed by atoms with E-state index in [1.54, 1.807) is 19.1 Å². The van der Waals surface area contributed by atoms with Crippen LogP contribution in [0.5, 0.6) is 11.5 Å². The lowest BCUT2D eigenvalue weighted by molar-refractivity contribution is -0.138. The van der Waals surface area contributed by atoms with Crippen molar-refractivity contribution < 1.29 is 23.8 Å². The standard InChI is InChI=1S/C30H32BrN3O5/c1-19-14-23(31)15-20(2)27(19)34-18-32-28(26(29(34)35)30(36)39-5)33(16-21-6-10-24(37-3)11-7-21)17-22-8-12-25(38-4)13-9-22/h6-15,32H,16-18H2,1-5H3. The minimum absolute atomic E-state index is 0.0486. The summed E-state index contributed by atoms with van der Waals surface area (Å²) in [5.74, 6) is 0.795. The Morgan fingerprint density at radius 1 is 0.897 bits per heavy atom. The van der Waals surface area contributed by atoms with E-state index in [9.17, 15) is 9.59 Å². The highest BCUT2D eigenvalue weighted by Gasteiger charge is 2.37. The number of hydrogen-bond donors (Lipinski definition) is 1. The van der Waals surface area contributed by atoms with Crippen molar-refractivity contribution in [2.75, 3.05) is 32.9 Å². The molecule has 39 heavy (non-hydrogen) atoms. The van der Waals surface area contributed by atoms with Crippen LogP contribution in [0.1, 0.15) is 22.3 Å². The van der Waals surface area contributed by atoms with Crippen LogP contribution < -0.4 is 19.7 Å². The lowest BCUT2D eigenvalue weighted by Crippen LogP contribution is -2.51. The van der Waals surface area contributed by atoms with E-state index in [-0.39, 0.29) is 12.2 Å². The molecule has 3 aromatic carbocycles. The molecule has 0 saturated heterocycles. The number of aryl methyl sites for hydroxylation is 2. The van der Waals surface area contributed by atoms with Gasteiger partial charge < -0.3 is 24.4 Å². The SMILES string of the molecule is COC(=O)C1=C(N(Cc2ccc(OC)cc2)Cc2ccc(OC)cc2)NCN(c2c(C)cc(Br)cc2C)C1=O. The molecule has 0 unspecified atom stereocenters. The molecule has 0 bridgehead atoms. The Morgan fingerprint density at radius 3 is 1.82 bits per heavy atom. The topological polar surface area (TPSA) is 80.3 Å². The minimum Gasteiger partial charge on any atom is -0.497 e. The summed E-state index contributed by atoms with van der Waals surface area (Å²) in [6.45, 7) is 4.94. The maximum Gasteiger partial charge on any atom is 0.347 e. The summed E-state index contributed by atoms with van der Waals surface area (Å²) >= 11 is 3.52. The molecule has 9 heteroatoms. The third kappa shape index (κ3) is 6.20. The number of ether oxygens (including phenoxy) is 3. The summed E-state index contributed by atoms with van der Waals surface area (Å²) in [7, 11) is 4.53. The highest BCUT2D eigenvalue weighted by molar-refractivity contribution is 9.10. The average Bonchev–Trinajstić information content (AvgIpc) is 2.93. The highest BCUT2D eigenvalue weighted by atomic mass is 79.9. The van der Waals surface area contributed by atoms with Crippen molar-refractivity contribution in [3.05, 3.63) is 98.8 Å². The zero-order valence-corrected chi connectivity index (χ0v) is 24.3. The van der Waals surface area contributed by atoms with Crippen LogP contribution in [-0.4, -0.2) is 44.8 Å². The summed E-state index contributed by atoms with van der Waals surface area (Å²) in [6, 6.07) is 19.3. The smallest absolute Gasteiger partial charge is 0.347 e. The van der Waals surface area contributed by atoms with Crippen LogP contribution in [-0.2, 0) is 27.4 Å². The highest BCUT2D eigenvalue weighted by Crippen LogP contribution is 2.32. The Hall–Kier alpha value is -3.98. The van der Waals surface area contributed by atoms with E-state index in [0.29, 0.717) is 18.9 Å². The van der Waals surface area contributed by atoms with E-state index in [1.165, 1.54) is 7.11 Å². The Kier molecular flexibility index (Phi) is 8.81. The molecule has 8 nitrogen and oxygen atoms in total. The summed E-state index contributed by atoms with van der Waals surface area (Å²) in [5.41, 5.74) is 4.51. The number of carbonyl (C=O) groups excluding carboxylic acids is 2. The van der Waals surface area contributed by atoms with Crippen molar-refractivity contribution >= 4 is 33.5 Å². The molecule has 204 valence electrons. The second-order valence-corrected chi connectivity index (χ2v) is 10.1. The van der Waals surface area contributed by atoms with Crippen LogP contribution in [0.3, 0.4) is 0 Å². The Labute approximate surface area is 237 Å². The Morgan fingerprint density at radius 2 is 1.38 bits per heavy atom. The van der Waals surface area contributed by atoms with Gasteiger partial charge in [0.05, 0.1) is 33.7 Å². The molecule has 3 aromatic rings. The van der Waals surface area contributed by atoms with Crippen molar-refractivity contribution in [3.8, 4) is 11.5 Å². The van der Waals surface area contributed by atoms with Crippen molar-refractivity contribution in [1.29, 1.82) is 0 Å². The van der Waals surface area contributed by atoms with Gasteiger partial charge in [-0.05, 0) is 72.5 Å². The van der Waals surface area contributed by atoms with Crippen LogP contribution >= 0.6 is 15.9 Å². The first-order valence-electron chi connectivity index (χ1n) is 12.4. The number of hydrogen-bond acceptors (Lipinski definition) is 7. The first-order valence-corrected chi connectivity index (χ1v) is 13.2. The molecule has 1 amide bonds. The molecule has 0 radical (unpaired) electrons. The van der Waals surface area contributed by atoms with Gasteiger partial charge >= 0.3 is 5.97 Å². The predicted octanol–water partition coefficient (Wildman–Crippen LogP) is 5.06. The molecule has 0 saturated carbocycles. The summed E-state index contributed by atoms with van der Waals surface area (Å²) in [5, 5.41) is 3.37. The normalized spacial score (nSPS) is 13.2. The van der Waals surface area contributed by atoms with E-state index in [4.69, 9.17) is 14.2 Å². The van der Waals surface area contributed by atoms with E-state index in [0.717, 1.165) is 43.9 Å². The molecule has 0 aliphatic carbocycles. The van der Waals surface area contributed by atoms with Crippen LogP contribution in [0, 0.1) is 13.8 Å². The van der Waals surface area contributed by atoms with Crippen molar-refractivity contribution in [2.45, 2.75) is 26.9 Å². The predicted molar refractivity (Wildman–Crippen MR) is 153 cm³/mol. The lowest BCUT2D eigenvalue weighted by atomic mass is 10.0. The molecular formula is C30H32BrN3O5. The van der Waals surface area contributed by atoms with Crippen molar-refractivity contribution in [3.63, 3.8) is 0 Å². The first-order chi connectivity index (χ1) is 18.7. The summed E-state index contributed by atoms with van der Waals surface area (Å²) in [6.07, 6.45) is 0. The monoisotopic (exact) mass is 593 g/mol. The lowest BCUT2D eigenvalue weighted by Gasteiger charge is -2.37. The number of amides is 1. The van der Waals surface area contributed by atoms with Gasteiger partial charge in [-0.1, -0.05) is 40.2 Å². The summed E-state index contributed by atoms with van der Waals surface area (Å²) < 4.78 is 16.6. The van der Waals surface area contributed by atoms with Gasteiger partial charge in [-0.2, -0.15) is 0 Å². The van der Waals surface area contributed by atoms with Gasteiger partial charge in [0.25, 0.3) is 5.91 Å². The molecule has 4 rings (SSSR count). The molecule has 1 aliphatic heterocycles. The fraction of sp³-hybridized carbons (Fsp3) is 0.267. The maximum absolute atomic E-state index is 14.0. The van der Waals surface area contributed by atoms with Gasteiger partial charge in [-0.25, -0.2) is 4.79 Å². The quantitative estimate of drug-likeness (QED) is 0.274. The molecular weight excluding hydrogens is 562 g/mol. The average molecular weight is 595 g/mol. The number of carbonyl (C=O) groups is 2. The second-order valence-electron chi connectivity index (χ2n) is 9.22.